The molecule has 1 atom stereocenters. The molecule has 0 aliphatic carbocycles. The Labute approximate surface area is 167 Å². The van der Waals surface area contributed by atoms with E-state index in [-0.39, 0.29) is 6.10 Å². The molecule has 1 unspecified atom stereocenters. The van der Waals surface area contributed by atoms with Crippen molar-refractivity contribution in [1.82, 2.24) is 20.4 Å². The fourth-order valence-electron chi connectivity index (χ4n) is 3.20. The zero-order valence-electron chi connectivity index (χ0n) is 17.1. The van der Waals surface area contributed by atoms with Crippen molar-refractivity contribution in [2.24, 2.45) is 12.0 Å². The van der Waals surface area contributed by atoms with Crippen LogP contribution in [0.1, 0.15) is 29.5 Å². The smallest absolute Gasteiger partial charge is 0.191 e. The first kappa shape index (κ1) is 20.2. The number of rotatable bonds is 8. The Morgan fingerprint density at radius 2 is 2.29 bits per heavy atom. The van der Waals surface area contributed by atoms with Gasteiger partial charge in [0.15, 0.2) is 5.96 Å². The number of aliphatic imine (C=N–C) groups is 1. The van der Waals surface area contributed by atoms with Gasteiger partial charge in [-0.15, -0.1) is 0 Å². The summed E-state index contributed by atoms with van der Waals surface area (Å²) in [6, 6.07) is 6.32. The van der Waals surface area contributed by atoms with Crippen LogP contribution in [0.25, 0.3) is 0 Å². The maximum absolute atomic E-state index is 6.17. The third-order valence-electron chi connectivity index (χ3n) is 4.77. The fourth-order valence-corrected chi connectivity index (χ4v) is 3.20. The molecule has 1 fully saturated rings. The van der Waals surface area contributed by atoms with Crippen LogP contribution in [0.4, 0.5) is 0 Å². The van der Waals surface area contributed by atoms with Crippen molar-refractivity contribution in [2.75, 3.05) is 26.8 Å². The Morgan fingerprint density at radius 1 is 1.39 bits per heavy atom. The lowest BCUT2D eigenvalue weighted by atomic mass is 10.1. The average Bonchev–Trinajstić information content (AvgIpc) is 3.34. The lowest BCUT2D eigenvalue weighted by molar-refractivity contribution is 0.140. The summed E-state index contributed by atoms with van der Waals surface area (Å²) in [5, 5.41) is 11.0. The van der Waals surface area contributed by atoms with Gasteiger partial charge in [0, 0.05) is 45.4 Å². The molecule has 1 aromatic carbocycles. The molecule has 0 radical (unpaired) electrons. The lowest BCUT2D eigenvalue weighted by Gasteiger charge is -2.18. The van der Waals surface area contributed by atoms with Crippen molar-refractivity contribution in [3.63, 3.8) is 0 Å². The van der Waals surface area contributed by atoms with Crippen molar-refractivity contribution in [3.8, 4) is 5.75 Å². The number of benzene rings is 1. The van der Waals surface area contributed by atoms with Gasteiger partial charge in [0.1, 0.15) is 11.9 Å². The number of hydrogen-bond donors (Lipinski definition) is 2. The maximum Gasteiger partial charge on any atom is 0.191 e. The molecule has 2 N–H and O–H groups in total. The van der Waals surface area contributed by atoms with Crippen LogP contribution < -0.4 is 15.4 Å². The second kappa shape index (κ2) is 10.1. The number of nitrogens with zero attached hydrogens (tertiary/aromatic N) is 3. The zero-order chi connectivity index (χ0) is 19.8. The highest BCUT2D eigenvalue weighted by Crippen LogP contribution is 2.23. The van der Waals surface area contributed by atoms with Crippen molar-refractivity contribution < 1.29 is 9.47 Å². The van der Waals surface area contributed by atoms with E-state index < -0.39 is 0 Å². The summed E-state index contributed by atoms with van der Waals surface area (Å²) in [6.07, 6.45) is 7.08. The van der Waals surface area contributed by atoms with Gasteiger partial charge >= 0.3 is 0 Å². The monoisotopic (exact) mass is 385 g/mol. The van der Waals surface area contributed by atoms with Gasteiger partial charge in [0.25, 0.3) is 0 Å². The standard InChI is InChI=1S/C21H31N5O2/c1-16-6-7-18(20(11-16)28-19-8-10-27-15-19)13-24-21(22-2)23-9-4-5-17-12-25-26(3)14-17/h6-7,11-12,14,19H,4-5,8-10,13,15H2,1-3H3,(H2,22,23,24). The summed E-state index contributed by atoms with van der Waals surface area (Å²) >= 11 is 0. The topological polar surface area (TPSA) is 72.7 Å². The van der Waals surface area contributed by atoms with E-state index in [1.807, 2.05) is 17.9 Å². The molecule has 7 nitrogen and oxygen atoms in total. The predicted molar refractivity (Wildman–Crippen MR) is 111 cm³/mol. The zero-order valence-corrected chi connectivity index (χ0v) is 17.1. The van der Waals surface area contributed by atoms with Gasteiger partial charge < -0.3 is 20.1 Å². The van der Waals surface area contributed by atoms with Crippen LogP contribution in [0, 0.1) is 6.92 Å². The summed E-state index contributed by atoms with van der Waals surface area (Å²) < 4.78 is 13.4. The SMILES string of the molecule is CN=C(NCCCc1cnn(C)c1)NCc1ccc(C)cc1OC1CCOC1. The molecular formula is C21H31N5O2. The number of ether oxygens (including phenoxy) is 2. The Morgan fingerprint density at radius 3 is 3.00 bits per heavy atom. The highest BCUT2D eigenvalue weighted by molar-refractivity contribution is 5.79. The Bertz CT molecular complexity index is 781. The molecule has 1 aromatic heterocycles. The van der Waals surface area contributed by atoms with Gasteiger partial charge in [-0.05, 0) is 37.0 Å². The van der Waals surface area contributed by atoms with E-state index in [1.54, 1.807) is 7.05 Å². The highest BCUT2D eigenvalue weighted by atomic mass is 16.5. The van der Waals surface area contributed by atoms with E-state index in [4.69, 9.17) is 9.47 Å². The van der Waals surface area contributed by atoms with Crippen molar-refractivity contribution in [3.05, 3.63) is 47.3 Å². The molecule has 0 spiro atoms. The minimum absolute atomic E-state index is 0.144. The van der Waals surface area contributed by atoms with Crippen molar-refractivity contribution in [1.29, 1.82) is 0 Å². The van der Waals surface area contributed by atoms with E-state index in [0.717, 1.165) is 49.7 Å². The number of aromatic nitrogens is 2. The fraction of sp³-hybridized carbons (Fsp3) is 0.524. The van der Waals surface area contributed by atoms with Crippen LogP contribution in [0.5, 0.6) is 5.75 Å². The number of nitrogens with one attached hydrogen (secondary N) is 2. The number of hydrogen-bond acceptors (Lipinski definition) is 4. The minimum atomic E-state index is 0.144. The first-order valence-corrected chi connectivity index (χ1v) is 9.90. The first-order valence-electron chi connectivity index (χ1n) is 9.90. The quantitative estimate of drug-likeness (QED) is 0.414. The molecule has 7 heteroatoms. The van der Waals surface area contributed by atoms with E-state index in [1.165, 1.54) is 11.1 Å². The maximum atomic E-state index is 6.17. The summed E-state index contributed by atoms with van der Waals surface area (Å²) in [7, 11) is 3.73. The van der Waals surface area contributed by atoms with Gasteiger partial charge in [0.05, 0.1) is 19.4 Å². The lowest BCUT2D eigenvalue weighted by Crippen LogP contribution is -2.37. The molecule has 1 aliphatic heterocycles. The van der Waals surface area contributed by atoms with E-state index in [9.17, 15) is 0 Å². The van der Waals surface area contributed by atoms with Crippen LogP contribution >= 0.6 is 0 Å². The van der Waals surface area contributed by atoms with Crippen molar-refractivity contribution >= 4 is 5.96 Å². The van der Waals surface area contributed by atoms with Crippen molar-refractivity contribution in [2.45, 2.75) is 38.8 Å². The van der Waals surface area contributed by atoms with E-state index in [2.05, 4.69) is 52.0 Å². The molecule has 0 amide bonds. The van der Waals surface area contributed by atoms with E-state index in [0.29, 0.717) is 13.2 Å². The molecule has 2 aromatic rings. The summed E-state index contributed by atoms with van der Waals surface area (Å²) in [5.41, 5.74) is 3.57. The molecule has 152 valence electrons. The Balaban J connectivity index is 1.47. The molecule has 1 aliphatic rings. The molecule has 0 saturated carbocycles. The molecule has 28 heavy (non-hydrogen) atoms. The second-order valence-corrected chi connectivity index (χ2v) is 7.19. The third kappa shape index (κ3) is 5.99. The Hall–Kier alpha value is -2.54. The van der Waals surface area contributed by atoms with Crippen LogP contribution in [0.15, 0.2) is 35.6 Å². The summed E-state index contributed by atoms with van der Waals surface area (Å²) in [6.45, 7) is 5.04. The van der Waals surface area contributed by atoms with Gasteiger partial charge in [-0.3, -0.25) is 9.67 Å². The second-order valence-electron chi connectivity index (χ2n) is 7.19. The van der Waals surface area contributed by atoms with Gasteiger partial charge in [0.2, 0.25) is 0 Å². The van der Waals surface area contributed by atoms with Gasteiger partial charge in [-0.25, -0.2) is 0 Å². The van der Waals surface area contributed by atoms with Gasteiger partial charge in [-0.2, -0.15) is 5.10 Å². The van der Waals surface area contributed by atoms with Gasteiger partial charge in [-0.1, -0.05) is 12.1 Å². The summed E-state index contributed by atoms with van der Waals surface area (Å²) in [5.74, 6) is 1.72. The van der Waals surface area contributed by atoms with Crippen LogP contribution in [-0.4, -0.2) is 48.7 Å². The van der Waals surface area contributed by atoms with Crippen LogP contribution in [0.2, 0.25) is 0 Å². The molecule has 2 heterocycles. The van der Waals surface area contributed by atoms with Crippen LogP contribution in [0.3, 0.4) is 0 Å². The molecule has 1 saturated heterocycles. The largest absolute Gasteiger partial charge is 0.488 e. The summed E-state index contributed by atoms with van der Waals surface area (Å²) in [4.78, 5) is 4.32. The number of aryl methyl sites for hydroxylation is 3. The minimum Gasteiger partial charge on any atom is -0.488 e. The molecule has 0 bridgehead atoms. The third-order valence-corrected chi connectivity index (χ3v) is 4.77. The highest BCUT2D eigenvalue weighted by Gasteiger charge is 2.18. The van der Waals surface area contributed by atoms with Crippen LogP contribution in [-0.2, 0) is 24.8 Å². The molecular weight excluding hydrogens is 354 g/mol. The normalized spacial score (nSPS) is 17.0. The molecule has 3 rings (SSSR count). The first-order chi connectivity index (χ1) is 13.6. The predicted octanol–water partition coefficient (Wildman–Crippen LogP) is 2.19. The average molecular weight is 386 g/mol. The van der Waals surface area contributed by atoms with E-state index >= 15 is 0 Å². The number of guanidine groups is 1. The Kier molecular flexibility index (Phi) is 7.31.